The van der Waals surface area contributed by atoms with E-state index in [2.05, 4.69) is 41.7 Å². The number of Topliss-reactive ketones (excluding diaryl/α,β-unsaturated/α-hetero) is 1. The summed E-state index contributed by atoms with van der Waals surface area (Å²) in [6, 6.07) is -3.02. The van der Waals surface area contributed by atoms with Crippen molar-refractivity contribution in [3.05, 3.63) is 12.7 Å². The van der Waals surface area contributed by atoms with Crippen LogP contribution in [0, 0.1) is 40.9 Å². The number of ketones is 1. The Morgan fingerprint density at radius 2 is 1.50 bits per heavy atom. The molecule has 7 rings (SSSR count). The number of carbonyl (C=O) groups excluding carboxylic acids is 6. The van der Waals surface area contributed by atoms with Gasteiger partial charge in [-0.1, -0.05) is 60.0 Å². The average molecular weight is 780 g/mol. The zero-order valence-electron chi connectivity index (χ0n) is 34.7. The number of urea groups is 1. The van der Waals surface area contributed by atoms with Gasteiger partial charge in [0.1, 0.15) is 17.7 Å². The lowest BCUT2D eigenvalue weighted by Gasteiger charge is -2.56. The van der Waals surface area contributed by atoms with Gasteiger partial charge in [-0.15, -0.1) is 6.58 Å². The molecule has 1 aliphatic heterocycles. The van der Waals surface area contributed by atoms with Crippen LogP contribution in [-0.2, 0) is 28.7 Å². The van der Waals surface area contributed by atoms with Crippen molar-refractivity contribution in [2.75, 3.05) is 13.1 Å². The second kappa shape index (κ2) is 17.2. The number of ether oxygens (including phenoxy) is 1. The van der Waals surface area contributed by atoms with Crippen molar-refractivity contribution < 1.29 is 33.5 Å². The second-order valence-corrected chi connectivity index (χ2v) is 19.1. The highest BCUT2D eigenvalue weighted by atomic mass is 16.6. The van der Waals surface area contributed by atoms with Crippen LogP contribution < -0.4 is 21.3 Å². The molecule has 5 atom stereocenters. The standard InChI is InChI=1S/C44H69N5O7/c1-7-11-17-32(37(51)39(53)45-19-18-33(50)56-44(8-2,9-3)10-4)46-38(52)36-34-31(42(34,5)6)26-49(36)40(54)35(30-15-13-12-14-16-30)47-41(55)48-43-23-27-20-28(24-43)22-29(21-27)25-43/h7,27-32,34-36H,1,8-26H2,2-6H3,(H,45,53)(H,46,52)(H2,47,48,55). The average Bonchev–Trinajstić information content (AvgIpc) is 3.46. The number of hydrogen-bond donors (Lipinski definition) is 4. The predicted molar refractivity (Wildman–Crippen MR) is 213 cm³/mol. The lowest BCUT2D eigenvalue weighted by molar-refractivity contribution is -0.161. The number of esters is 1. The Morgan fingerprint density at radius 3 is 2.07 bits per heavy atom. The molecule has 4 bridgehead atoms. The van der Waals surface area contributed by atoms with Gasteiger partial charge in [0.2, 0.25) is 17.6 Å². The minimum Gasteiger partial charge on any atom is -0.459 e. The molecule has 0 aromatic carbocycles. The molecule has 0 radical (unpaired) electrons. The first kappa shape index (κ1) is 42.2. The highest BCUT2D eigenvalue weighted by Crippen LogP contribution is 2.65. The van der Waals surface area contributed by atoms with Gasteiger partial charge in [-0.05, 0) is 124 Å². The lowest BCUT2D eigenvalue weighted by atomic mass is 9.53. The number of fused-ring (bicyclic) bond motifs is 1. The topological polar surface area (TPSA) is 163 Å². The number of nitrogens with zero attached hydrogens (tertiary/aromatic N) is 1. The summed E-state index contributed by atoms with van der Waals surface area (Å²) in [6.07, 6.45) is 15.7. The smallest absolute Gasteiger partial charge is 0.315 e. The minimum atomic E-state index is -1.14. The van der Waals surface area contributed by atoms with Gasteiger partial charge >= 0.3 is 12.0 Å². The van der Waals surface area contributed by atoms with Crippen molar-refractivity contribution in [2.24, 2.45) is 40.9 Å². The van der Waals surface area contributed by atoms with Crippen molar-refractivity contribution in [3.63, 3.8) is 0 Å². The third-order valence-corrected chi connectivity index (χ3v) is 15.2. The number of allylic oxidation sites excluding steroid dienone is 1. The van der Waals surface area contributed by atoms with E-state index < -0.39 is 47.3 Å². The molecule has 1 heterocycles. The van der Waals surface area contributed by atoms with E-state index in [1.165, 1.54) is 19.3 Å². The monoisotopic (exact) mass is 780 g/mol. The molecule has 1 saturated heterocycles. The first-order valence-corrected chi connectivity index (χ1v) is 22.0. The molecule has 6 aliphatic carbocycles. The Balaban J connectivity index is 1.12. The van der Waals surface area contributed by atoms with Crippen LogP contribution in [-0.4, -0.2) is 82.8 Å². The molecule has 4 N–H and O–H groups in total. The van der Waals surface area contributed by atoms with Crippen LogP contribution in [0.5, 0.6) is 0 Å². The van der Waals surface area contributed by atoms with Crippen molar-refractivity contribution in [1.82, 2.24) is 26.2 Å². The van der Waals surface area contributed by atoms with E-state index in [4.69, 9.17) is 4.74 Å². The number of carbonyl (C=O) groups is 6. The van der Waals surface area contributed by atoms with E-state index in [-0.39, 0.29) is 60.0 Å². The summed E-state index contributed by atoms with van der Waals surface area (Å²) in [5.41, 5.74) is -0.928. The summed E-state index contributed by atoms with van der Waals surface area (Å²) >= 11 is 0. The van der Waals surface area contributed by atoms with E-state index in [9.17, 15) is 28.8 Å². The fourth-order valence-corrected chi connectivity index (χ4v) is 12.1. The number of hydrogen-bond acceptors (Lipinski definition) is 7. The maximum absolute atomic E-state index is 14.8. The summed E-state index contributed by atoms with van der Waals surface area (Å²) < 4.78 is 5.73. The number of nitrogens with one attached hydrogen (secondary N) is 4. The van der Waals surface area contributed by atoms with E-state index in [0.717, 1.165) is 51.4 Å². The quantitative estimate of drug-likeness (QED) is 0.0786. The normalized spacial score (nSPS) is 31.1. The van der Waals surface area contributed by atoms with Gasteiger partial charge in [-0.3, -0.25) is 24.0 Å². The molecule has 6 saturated carbocycles. The van der Waals surface area contributed by atoms with Gasteiger partial charge in [-0.2, -0.15) is 0 Å². The molecule has 12 nitrogen and oxygen atoms in total. The molecule has 56 heavy (non-hydrogen) atoms. The fourth-order valence-electron chi connectivity index (χ4n) is 12.1. The largest absolute Gasteiger partial charge is 0.459 e. The first-order chi connectivity index (χ1) is 26.7. The van der Waals surface area contributed by atoms with Crippen LogP contribution in [0.4, 0.5) is 4.79 Å². The third-order valence-electron chi connectivity index (χ3n) is 15.2. The molecule has 7 fully saturated rings. The molecular formula is C44H69N5O7. The van der Waals surface area contributed by atoms with E-state index in [1.54, 1.807) is 11.0 Å². The van der Waals surface area contributed by atoms with Gasteiger partial charge in [0, 0.05) is 18.6 Å². The molecule has 5 amide bonds. The van der Waals surface area contributed by atoms with Crippen LogP contribution in [0.2, 0.25) is 0 Å². The number of likely N-dealkylation sites (tertiary alicyclic amines) is 1. The molecule has 12 heteroatoms. The van der Waals surface area contributed by atoms with E-state index in [1.807, 2.05) is 20.8 Å². The number of rotatable bonds is 18. The SMILES string of the molecule is C=CCCC(NC(=O)C1C2C(CN1C(=O)C(NC(=O)NC13CC4CC(CC(C4)C1)C3)C1CCCCC1)C2(C)C)C(=O)C(=O)NCCC(=O)OC(CC)(CC)CC. The fraction of sp³-hybridized carbons (Fsp3) is 0.818. The van der Waals surface area contributed by atoms with Gasteiger partial charge < -0.3 is 30.9 Å². The van der Waals surface area contributed by atoms with Crippen molar-refractivity contribution in [3.8, 4) is 0 Å². The Morgan fingerprint density at radius 1 is 0.893 bits per heavy atom. The molecule has 0 spiro atoms. The van der Waals surface area contributed by atoms with Gasteiger partial charge in [0.05, 0.1) is 12.5 Å². The van der Waals surface area contributed by atoms with Crippen LogP contribution in [0.15, 0.2) is 12.7 Å². The van der Waals surface area contributed by atoms with Gasteiger partial charge in [0.15, 0.2) is 0 Å². The summed E-state index contributed by atoms with van der Waals surface area (Å²) in [5.74, 6) is -0.898. The highest BCUT2D eigenvalue weighted by molar-refractivity contribution is 6.38. The molecule has 5 unspecified atom stereocenters. The Hall–Kier alpha value is -3.44. The second-order valence-electron chi connectivity index (χ2n) is 19.1. The maximum atomic E-state index is 14.8. The maximum Gasteiger partial charge on any atom is 0.315 e. The minimum absolute atomic E-state index is 0.0303. The molecule has 0 aromatic rings. The van der Waals surface area contributed by atoms with Crippen LogP contribution >= 0.6 is 0 Å². The zero-order valence-corrected chi connectivity index (χ0v) is 34.7. The summed E-state index contributed by atoms with van der Waals surface area (Å²) in [4.78, 5) is 84.0. The zero-order chi connectivity index (χ0) is 40.4. The van der Waals surface area contributed by atoms with Gasteiger partial charge in [-0.25, -0.2) is 4.79 Å². The highest BCUT2D eigenvalue weighted by Gasteiger charge is 2.70. The van der Waals surface area contributed by atoms with Crippen molar-refractivity contribution in [2.45, 2.75) is 173 Å². The van der Waals surface area contributed by atoms with Crippen LogP contribution in [0.1, 0.15) is 144 Å². The van der Waals surface area contributed by atoms with Crippen LogP contribution in [0.3, 0.4) is 0 Å². The van der Waals surface area contributed by atoms with Crippen LogP contribution in [0.25, 0.3) is 0 Å². The first-order valence-electron chi connectivity index (χ1n) is 22.0. The predicted octanol–water partition coefficient (Wildman–Crippen LogP) is 5.72. The Labute approximate surface area is 334 Å². The number of piperidine rings is 1. The van der Waals surface area contributed by atoms with E-state index >= 15 is 0 Å². The van der Waals surface area contributed by atoms with Gasteiger partial charge in [0.25, 0.3) is 5.91 Å². The Bertz CT molecular complexity index is 1470. The molecule has 312 valence electrons. The molecule has 0 aromatic heterocycles. The van der Waals surface area contributed by atoms with Crippen molar-refractivity contribution in [1.29, 1.82) is 0 Å². The lowest BCUT2D eigenvalue weighted by Crippen LogP contribution is -2.64. The van der Waals surface area contributed by atoms with E-state index in [0.29, 0.717) is 50.0 Å². The summed E-state index contributed by atoms with van der Waals surface area (Å²) in [5, 5.41) is 12.0. The Kier molecular flexibility index (Phi) is 12.9. The third kappa shape index (κ3) is 8.83. The summed E-state index contributed by atoms with van der Waals surface area (Å²) in [7, 11) is 0. The molecule has 7 aliphatic rings. The molecular weight excluding hydrogens is 711 g/mol. The number of amides is 5. The summed E-state index contributed by atoms with van der Waals surface area (Å²) in [6.45, 7) is 14.2. The van der Waals surface area contributed by atoms with Crippen molar-refractivity contribution >= 4 is 35.5 Å².